The Labute approximate surface area is 169 Å². The van der Waals surface area contributed by atoms with Gasteiger partial charge in [-0.05, 0) is 38.1 Å². The molecule has 2 aromatic rings. The van der Waals surface area contributed by atoms with Gasteiger partial charge in [0.1, 0.15) is 5.76 Å². The fraction of sp³-hybridized carbons (Fsp3) is 0.556. The number of likely N-dealkylation sites (tertiary alicyclic amines) is 1. The molecule has 0 bridgehead atoms. The average Bonchev–Trinajstić information content (AvgIpc) is 3.39. The van der Waals surface area contributed by atoms with E-state index in [0.717, 1.165) is 31.8 Å². The maximum Gasteiger partial charge on any atom is 0.232 e. The van der Waals surface area contributed by atoms with Crippen LogP contribution in [0.25, 0.3) is 0 Å². The summed E-state index contributed by atoms with van der Waals surface area (Å²) in [5.41, 5.74) is 0. The molecule has 0 aliphatic carbocycles. The fourth-order valence-electron chi connectivity index (χ4n) is 3.67. The van der Waals surface area contributed by atoms with E-state index in [1.807, 2.05) is 6.07 Å². The summed E-state index contributed by atoms with van der Waals surface area (Å²) in [5.74, 6) is 1.61. The van der Waals surface area contributed by atoms with Crippen molar-refractivity contribution in [2.75, 3.05) is 25.0 Å². The minimum Gasteiger partial charge on any atom is -0.467 e. The van der Waals surface area contributed by atoms with Crippen molar-refractivity contribution in [1.29, 1.82) is 0 Å². The van der Waals surface area contributed by atoms with Crippen LogP contribution in [0.15, 0.2) is 22.8 Å². The predicted molar refractivity (Wildman–Crippen MR) is 104 cm³/mol. The van der Waals surface area contributed by atoms with Crippen molar-refractivity contribution in [2.24, 2.45) is 13.0 Å². The van der Waals surface area contributed by atoms with E-state index < -0.39 is 5.92 Å². The molecule has 2 aliphatic heterocycles. The Morgan fingerprint density at radius 2 is 2.18 bits per heavy atom. The van der Waals surface area contributed by atoms with Crippen molar-refractivity contribution in [2.45, 2.75) is 31.7 Å². The molecule has 0 radical (unpaired) electrons. The smallest absolute Gasteiger partial charge is 0.232 e. The van der Waals surface area contributed by atoms with E-state index in [2.05, 4.69) is 20.7 Å². The Hall–Kier alpha value is -2.39. The van der Waals surface area contributed by atoms with Crippen LogP contribution in [0.5, 0.6) is 0 Å². The van der Waals surface area contributed by atoms with Crippen molar-refractivity contribution in [3.8, 4) is 0 Å². The molecule has 2 saturated heterocycles. The minimum absolute atomic E-state index is 0. The van der Waals surface area contributed by atoms with E-state index in [1.54, 1.807) is 29.0 Å². The largest absolute Gasteiger partial charge is 0.467 e. The highest BCUT2D eigenvalue weighted by molar-refractivity contribution is 5.96. The average molecular weight is 409 g/mol. The molecule has 0 aromatic carbocycles. The third kappa shape index (κ3) is 4.36. The topological polar surface area (TPSA) is 105 Å². The van der Waals surface area contributed by atoms with Crippen LogP contribution in [-0.4, -0.2) is 51.1 Å². The summed E-state index contributed by atoms with van der Waals surface area (Å²) in [5, 5.41) is 10.6. The van der Waals surface area contributed by atoms with E-state index in [-0.39, 0.29) is 30.6 Å². The monoisotopic (exact) mass is 408 g/mol. The van der Waals surface area contributed by atoms with Gasteiger partial charge < -0.3 is 14.6 Å². The second kappa shape index (κ2) is 8.74. The fourth-order valence-corrected chi connectivity index (χ4v) is 3.67. The number of hydrogen-bond donors (Lipinski definition) is 2. The van der Waals surface area contributed by atoms with Crippen LogP contribution in [0.2, 0.25) is 0 Å². The van der Waals surface area contributed by atoms with Crippen molar-refractivity contribution in [3.05, 3.63) is 30.0 Å². The first-order valence-electron chi connectivity index (χ1n) is 9.33. The number of anilines is 1. The molecule has 4 rings (SSSR count). The molecule has 2 N–H and O–H groups in total. The summed E-state index contributed by atoms with van der Waals surface area (Å²) in [6.45, 7) is 2.68. The molecule has 9 nitrogen and oxygen atoms in total. The zero-order valence-electron chi connectivity index (χ0n) is 15.8. The van der Waals surface area contributed by atoms with E-state index in [0.29, 0.717) is 30.7 Å². The first kappa shape index (κ1) is 20.3. The molecule has 1 unspecified atom stereocenters. The van der Waals surface area contributed by atoms with Crippen LogP contribution >= 0.6 is 12.4 Å². The number of rotatable bonds is 5. The number of carbonyl (C=O) groups excluding carboxylic acids is 2. The van der Waals surface area contributed by atoms with Crippen molar-refractivity contribution < 1.29 is 14.0 Å². The Bertz CT molecular complexity index is 815. The summed E-state index contributed by atoms with van der Waals surface area (Å²) in [7, 11) is 1.77. The van der Waals surface area contributed by atoms with Gasteiger partial charge >= 0.3 is 0 Å². The molecule has 0 saturated carbocycles. The number of aryl methyl sites for hydroxylation is 1. The molecular formula is C18H25ClN6O3. The van der Waals surface area contributed by atoms with Crippen LogP contribution in [0, 0.1) is 5.92 Å². The van der Waals surface area contributed by atoms with Gasteiger partial charge in [-0.3, -0.25) is 14.9 Å². The molecule has 2 amide bonds. The Morgan fingerprint density at radius 3 is 2.89 bits per heavy atom. The molecule has 0 spiro atoms. The number of nitrogens with one attached hydrogen (secondary N) is 2. The predicted octanol–water partition coefficient (Wildman–Crippen LogP) is 1.28. The van der Waals surface area contributed by atoms with E-state index in [9.17, 15) is 9.59 Å². The first-order chi connectivity index (χ1) is 13.1. The maximum absolute atomic E-state index is 12.6. The number of carbonyl (C=O) groups is 2. The van der Waals surface area contributed by atoms with E-state index >= 15 is 0 Å². The van der Waals surface area contributed by atoms with Crippen molar-refractivity contribution >= 4 is 30.2 Å². The number of aromatic nitrogens is 3. The highest BCUT2D eigenvalue weighted by Crippen LogP contribution is 2.25. The van der Waals surface area contributed by atoms with Gasteiger partial charge in [-0.1, -0.05) is 0 Å². The summed E-state index contributed by atoms with van der Waals surface area (Å²) in [6, 6.07) is 3.61. The molecule has 2 fully saturated rings. The van der Waals surface area contributed by atoms with Gasteiger partial charge in [-0.15, -0.1) is 12.4 Å². The molecule has 10 heteroatoms. The van der Waals surface area contributed by atoms with E-state index in [1.165, 1.54) is 0 Å². The molecule has 4 heterocycles. The number of nitrogens with zero attached hydrogens (tertiary/aromatic N) is 4. The lowest BCUT2D eigenvalue weighted by atomic mass is 9.98. The Kier molecular flexibility index (Phi) is 6.35. The van der Waals surface area contributed by atoms with Gasteiger partial charge in [0, 0.05) is 25.9 Å². The lowest BCUT2D eigenvalue weighted by molar-refractivity contribution is -0.128. The molecular weight excluding hydrogens is 384 g/mol. The van der Waals surface area contributed by atoms with Crippen LogP contribution in [-0.2, 0) is 23.2 Å². The number of halogens is 1. The maximum atomic E-state index is 12.6. The van der Waals surface area contributed by atoms with E-state index in [4.69, 9.17) is 4.42 Å². The third-order valence-electron chi connectivity index (χ3n) is 5.23. The standard InChI is InChI=1S/C18H24N6O3.ClH/c1-23-18(20-16(22-23)12-4-6-19-7-5-12)21-17(26)13-9-15(25)24(10-13)11-14-3-2-8-27-14;/h2-3,8,12-13,19H,4-7,9-11H2,1H3,(H,20,21,22,26);1H. The molecule has 2 aliphatic rings. The lowest BCUT2D eigenvalue weighted by Gasteiger charge is -2.19. The zero-order chi connectivity index (χ0) is 18.8. The molecule has 2 aromatic heterocycles. The Balaban J connectivity index is 0.00000225. The number of piperidine rings is 1. The van der Waals surface area contributed by atoms with Crippen LogP contribution in [0.3, 0.4) is 0 Å². The number of hydrogen-bond acceptors (Lipinski definition) is 6. The number of amides is 2. The summed E-state index contributed by atoms with van der Waals surface area (Å²) in [4.78, 5) is 31.0. The Morgan fingerprint density at radius 1 is 1.39 bits per heavy atom. The van der Waals surface area contributed by atoms with Crippen molar-refractivity contribution in [1.82, 2.24) is 25.0 Å². The SMILES string of the molecule is Cl.Cn1nc(C2CCNCC2)nc1NC(=O)C1CC(=O)N(Cc2ccco2)C1. The third-order valence-corrected chi connectivity index (χ3v) is 5.23. The van der Waals surface area contributed by atoms with Gasteiger partial charge in [-0.25, -0.2) is 4.68 Å². The van der Waals surface area contributed by atoms with Crippen LogP contribution < -0.4 is 10.6 Å². The lowest BCUT2D eigenvalue weighted by Crippen LogP contribution is -2.28. The molecule has 1 atom stereocenters. The number of furan rings is 1. The van der Waals surface area contributed by atoms with Gasteiger partial charge in [0.2, 0.25) is 17.8 Å². The molecule has 28 heavy (non-hydrogen) atoms. The molecule has 152 valence electrons. The zero-order valence-corrected chi connectivity index (χ0v) is 16.6. The summed E-state index contributed by atoms with van der Waals surface area (Å²) in [6.07, 6.45) is 3.77. The van der Waals surface area contributed by atoms with Gasteiger partial charge in [0.15, 0.2) is 5.82 Å². The summed E-state index contributed by atoms with van der Waals surface area (Å²) >= 11 is 0. The highest BCUT2D eigenvalue weighted by atomic mass is 35.5. The highest BCUT2D eigenvalue weighted by Gasteiger charge is 2.35. The van der Waals surface area contributed by atoms with Crippen molar-refractivity contribution in [3.63, 3.8) is 0 Å². The minimum atomic E-state index is -0.397. The van der Waals surface area contributed by atoms with Crippen LogP contribution in [0.4, 0.5) is 5.95 Å². The van der Waals surface area contributed by atoms with Gasteiger partial charge in [0.25, 0.3) is 0 Å². The van der Waals surface area contributed by atoms with Gasteiger partial charge in [-0.2, -0.15) is 10.1 Å². The second-order valence-corrected chi connectivity index (χ2v) is 7.19. The quantitative estimate of drug-likeness (QED) is 0.772. The summed E-state index contributed by atoms with van der Waals surface area (Å²) < 4.78 is 6.89. The van der Waals surface area contributed by atoms with Gasteiger partial charge in [0.05, 0.1) is 18.7 Å². The van der Waals surface area contributed by atoms with Crippen LogP contribution in [0.1, 0.15) is 36.8 Å². The first-order valence-corrected chi connectivity index (χ1v) is 9.33. The second-order valence-electron chi connectivity index (χ2n) is 7.19. The normalized spacial score (nSPS) is 20.2.